The van der Waals surface area contributed by atoms with E-state index in [1.54, 1.807) is 0 Å². The fourth-order valence-electron chi connectivity index (χ4n) is 3.29. The molecule has 0 aromatic heterocycles. The second-order valence-electron chi connectivity index (χ2n) is 5.78. The van der Waals surface area contributed by atoms with Crippen LogP contribution in [0.3, 0.4) is 0 Å². The zero-order valence-corrected chi connectivity index (χ0v) is 11.3. The third-order valence-corrected chi connectivity index (χ3v) is 4.26. The van der Waals surface area contributed by atoms with E-state index in [2.05, 4.69) is 29.6 Å². The largest absolute Gasteiger partial charge is 0.385 e. The summed E-state index contributed by atoms with van der Waals surface area (Å²) in [7, 11) is 0. The van der Waals surface area contributed by atoms with Crippen LogP contribution in [0.15, 0.2) is 42.1 Å². The van der Waals surface area contributed by atoms with Crippen LogP contribution >= 0.6 is 0 Å². The number of hydrogen-bond donors (Lipinski definition) is 1. The minimum atomic E-state index is 0.264. The van der Waals surface area contributed by atoms with Crippen LogP contribution in [0, 0.1) is 0 Å². The molecule has 1 atom stereocenters. The molecule has 1 N–H and O–H groups in total. The number of carbonyl (C=O) groups excluding carboxylic acids is 1. The third-order valence-electron chi connectivity index (χ3n) is 4.26. The lowest BCUT2D eigenvalue weighted by atomic mass is 9.85. The van der Waals surface area contributed by atoms with Gasteiger partial charge in [0.2, 0.25) is 0 Å². The van der Waals surface area contributed by atoms with Crippen molar-refractivity contribution in [3.8, 4) is 0 Å². The first-order valence-electron chi connectivity index (χ1n) is 7.36. The van der Waals surface area contributed by atoms with Crippen molar-refractivity contribution < 1.29 is 4.79 Å². The second-order valence-corrected chi connectivity index (χ2v) is 5.78. The van der Waals surface area contributed by atoms with Crippen molar-refractivity contribution >= 4 is 5.78 Å². The smallest absolute Gasteiger partial charge is 0.158 e. The van der Waals surface area contributed by atoms with Gasteiger partial charge in [-0.05, 0) is 30.7 Å². The van der Waals surface area contributed by atoms with Crippen LogP contribution in [0.5, 0.6) is 0 Å². The number of rotatable bonds is 3. The van der Waals surface area contributed by atoms with E-state index in [1.807, 2.05) is 12.1 Å². The van der Waals surface area contributed by atoms with Crippen LogP contribution in [-0.2, 0) is 4.79 Å². The Balaban J connectivity index is 1.70. The second kappa shape index (κ2) is 5.60. The van der Waals surface area contributed by atoms with Crippen molar-refractivity contribution in [3.05, 3.63) is 47.7 Å². The van der Waals surface area contributed by atoms with Crippen molar-refractivity contribution in [2.45, 2.75) is 50.5 Å². The van der Waals surface area contributed by atoms with Gasteiger partial charge in [0.25, 0.3) is 0 Å². The van der Waals surface area contributed by atoms with Crippen molar-refractivity contribution in [2.75, 3.05) is 0 Å². The van der Waals surface area contributed by atoms with Gasteiger partial charge in [0, 0.05) is 24.2 Å². The molecule has 2 aliphatic rings. The minimum Gasteiger partial charge on any atom is -0.385 e. The highest BCUT2D eigenvalue weighted by Gasteiger charge is 2.24. The maximum absolute atomic E-state index is 11.9. The molecule has 1 fully saturated rings. The Labute approximate surface area is 114 Å². The van der Waals surface area contributed by atoms with E-state index in [4.69, 9.17) is 0 Å². The van der Waals surface area contributed by atoms with Crippen LogP contribution in [0.1, 0.15) is 50.0 Å². The minimum absolute atomic E-state index is 0.264. The lowest BCUT2D eigenvalue weighted by Gasteiger charge is -2.25. The molecule has 1 saturated carbocycles. The maximum atomic E-state index is 11.9. The van der Waals surface area contributed by atoms with Crippen LogP contribution < -0.4 is 5.32 Å². The topological polar surface area (TPSA) is 29.1 Å². The van der Waals surface area contributed by atoms with Crippen LogP contribution in [0.4, 0.5) is 0 Å². The van der Waals surface area contributed by atoms with Gasteiger partial charge in [-0.25, -0.2) is 0 Å². The van der Waals surface area contributed by atoms with Crippen molar-refractivity contribution in [3.63, 3.8) is 0 Å². The first kappa shape index (κ1) is 12.5. The Morgan fingerprint density at radius 3 is 2.47 bits per heavy atom. The molecule has 100 valence electrons. The summed E-state index contributed by atoms with van der Waals surface area (Å²) >= 11 is 0. The molecule has 1 aromatic rings. The van der Waals surface area contributed by atoms with Gasteiger partial charge in [0.05, 0.1) is 0 Å². The van der Waals surface area contributed by atoms with Gasteiger partial charge in [-0.15, -0.1) is 0 Å². The molecular weight excluding hydrogens is 234 g/mol. The summed E-state index contributed by atoms with van der Waals surface area (Å²) in [6, 6.07) is 11.0. The van der Waals surface area contributed by atoms with E-state index >= 15 is 0 Å². The molecule has 0 unspecified atom stereocenters. The average Bonchev–Trinajstić information content (AvgIpc) is 2.92. The molecule has 19 heavy (non-hydrogen) atoms. The first-order valence-corrected chi connectivity index (χ1v) is 7.36. The van der Waals surface area contributed by atoms with Crippen LogP contribution in [-0.4, -0.2) is 11.8 Å². The van der Waals surface area contributed by atoms with E-state index in [0.717, 1.165) is 12.1 Å². The highest BCUT2D eigenvalue weighted by atomic mass is 16.1. The van der Waals surface area contributed by atoms with E-state index in [-0.39, 0.29) is 5.78 Å². The average molecular weight is 255 g/mol. The fourth-order valence-corrected chi connectivity index (χ4v) is 3.29. The molecule has 0 radical (unpaired) electrons. The molecule has 0 aliphatic heterocycles. The molecule has 2 aliphatic carbocycles. The van der Waals surface area contributed by atoms with E-state index in [1.165, 1.54) is 31.2 Å². The maximum Gasteiger partial charge on any atom is 0.158 e. The molecule has 0 bridgehead atoms. The fraction of sp³-hybridized carbons (Fsp3) is 0.471. The van der Waals surface area contributed by atoms with Gasteiger partial charge in [0.15, 0.2) is 5.78 Å². The monoisotopic (exact) mass is 255 g/mol. The third kappa shape index (κ3) is 3.06. The van der Waals surface area contributed by atoms with Crippen LogP contribution in [0.25, 0.3) is 0 Å². The van der Waals surface area contributed by atoms with Gasteiger partial charge in [-0.2, -0.15) is 0 Å². The van der Waals surface area contributed by atoms with Crippen molar-refractivity contribution in [2.24, 2.45) is 0 Å². The first-order chi connectivity index (χ1) is 9.31. The zero-order chi connectivity index (χ0) is 13.1. The summed E-state index contributed by atoms with van der Waals surface area (Å²) in [5.41, 5.74) is 2.44. The Hall–Kier alpha value is -1.57. The predicted octanol–water partition coefficient (Wildman–Crippen LogP) is 3.55. The zero-order valence-electron chi connectivity index (χ0n) is 11.3. The summed E-state index contributed by atoms with van der Waals surface area (Å²) in [6.45, 7) is 0. The lowest BCUT2D eigenvalue weighted by Crippen LogP contribution is -2.29. The number of nitrogens with one attached hydrogen (secondary N) is 1. The Bertz CT molecular complexity index is 471. The highest BCUT2D eigenvalue weighted by Crippen LogP contribution is 2.31. The van der Waals surface area contributed by atoms with E-state index in [9.17, 15) is 4.79 Å². The number of ketones is 1. The lowest BCUT2D eigenvalue weighted by molar-refractivity contribution is -0.115. The molecule has 2 nitrogen and oxygen atoms in total. The summed E-state index contributed by atoms with van der Waals surface area (Å²) in [6.07, 6.45) is 8.61. The van der Waals surface area contributed by atoms with Crippen molar-refractivity contribution in [1.82, 2.24) is 5.32 Å². The molecule has 0 spiro atoms. The predicted molar refractivity (Wildman–Crippen MR) is 76.9 cm³/mol. The standard InChI is InChI=1S/C17H21NO/c19-17-11-14(13-6-2-1-3-7-13)10-16(12-17)18-15-8-4-5-9-15/h1-3,6-7,12,14-15,18H,4-5,8-11H2/t14-/m1/s1. The molecule has 0 amide bonds. The number of allylic oxidation sites excluding steroid dienone is 2. The molecule has 3 rings (SSSR count). The molecular formula is C17H21NO. The van der Waals surface area contributed by atoms with Crippen molar-refractivity contribution in [1.29, 1.82) is 0 Å². The summed E-state index contributed by atoms with van der Waals surface area (Å²) < 4.78 is 0. The van der Waals surface area contributed by atoms with Gasteiger partial charge in [0.1, 0.15) is 0 Å². The van der Waals surface area contributed by atoms with Gasteiger partial charge in [-0.3, -0.25) is 4.79 Å². The number of benzene rings is 1. The normalized spacial score (nSPS) is 24.3. The molecule has 0 saturated heterocycles. The SMILES string of the molecule is O=C1C=C(NC2CCCC2)C[C@@H](c2ccccc2)C1. The molecule has 0 heterocycles. The quantitative estimate of drug-likeness (QED) is 0.895. The highest BCUT2D eigenvalue weighted by molar-refractivity contribution is 5.92. The summed E-state index contributed by atoms with van der Waals surface area (Å²) in [5, 5.41) is 3.59. The Morgan fingerprint density at radius 1 is 1.00 bits per heavy atom. The molecule has 2 heteroatoms. The Morgan fingerprint density at radius 2 is 1.74 bits per heavy atom. The number of carbonyl (C=O) groups is 1. The summed E-state index contributed by atoms with van der Waals surface area (Å²) in [4.78, 5) is 11.9. The van der Waals surface area contributed by atoms with Gasteiger partial charge < -0.3 is 5.32 Å². The van der Waals surface area contributed by atoms with E-state index < -0.39 is 0 Å². The van der Waals surface area contributed by atoms with Gasteiger partial charge in [-0.1, -0.05) is 43.2 Å². The van der Waals surface area contributed by atoms with Gasteiger partial charge >= 0.3 is 0 Å². The van der Waals surface area contributed by atoms with Crippen LogP contribution in [0.2, 0.25) is 0 Å². The summed E-state index contributed by atoms with van der Waals surface area (Å²) in [5.74, 6) is 0.614. The number of hydrogen-bond acceptors (Lipinski definition) is 2. The Kier molecular flexibility index (Phi) is 3.67. The van der Waals surface area contributed by atoms with E-state index in [0.29, 0.717) is 18.4 Å². The molecule has 1 aromatic carbocycles.